The molecule has 2 rings (SSSR count). The fourth-order valence-electron chi connectivity index (χ4n) is 1.29. The smallest absolute Gasteiger partial charge is 0.178 e. The highest BCUT2D eigenvalue weighted by molar-refractivity contribution is 5.47. The van der Waals surface area contributed by atoms with Crippen LogP contribution in [-0.4, -0.2) is 26.5 Å². The summed E-state index contributed by atoms with van der Waals surface area (Å²) in [5.74, 6) is 0.637. The molecule has 0 radical (unpaired) electrons. The molecule has 0 bridgehead atoms. The maximum Gasteiger partial charge on any atom is 0.178 e. The first-order chi connectivity index (χ1) is 7.90. The van der Waals surface area contributed by atoms with Gasteiger partial charge in [0.25, 0.3) is 0 Å². The van der Waals surface area contributed by atoms with E-state index in [4.69, 9.17) is 0 Å². The Bertz CT molecular complexity index is 443. The summed E-state index contributed by atoms with van der Waals surface area (Å²) in [6.45, 7) is 3.73. The number of aromatic nitrogens is 4. The van der Waals surface area contributed by atoms with Gasteiger partial charge in [-0.3, -0.25) is 0 Å². The van der Waals surface area contributed by atoms with Crippen molar-refractivity contribution in [2.45, 2.75) is 13.5 Å². The van der Waals surface area contributed by atoms with Crippen LogP contribution in [0.4, 0.5) is 0 Å². The number of nitrogens with zero attached hydrogens (tertiary/aromatic N) is 4. The summed E-state index contributed by atoms with van der Waals surface area (Å²) < 4.78 is 0. The molecular formula is C11H13N5. The van der Waals surface area contributed by atoms with E-state index < -0.39 is 0 Å². The third kappa shape index (κ3) is 2.58. The average molecular weight is 215 g/mol. The minimum absolute atomic E-state index is 0.637. The van der Waals surface area contributed by atoms with Crippen LogP contribution >= 0.6 is 0 Å². The first-order valence-corrected chi connectivity index (χ1v) is 5.19. The molecule has 1 N–H and O–H groups in total. The van der Waals surface area contributed by atoms with Gasteiger partial charge in [-0.15, -0.1) is 0 Å². The van der Waals surface area contributed by atoms with Gasteiger partial charge in [0.2, 0.25) is 0 Å². The van der Waals surface area contributed by atoms with Crippen LogP contribution < -0.4 is 5.32 Å². The second kappa shape index (κ2) is 5.27. The fraction of sp³-hybridized carbons (Fsp3) is 0.273. The molecule has 2 aromatic rings. The van der Waals surface area contributed by atoms with Crippen LogP contribution in [0.2, 0.25) is 0 Å². The summed E-state index contributed by atoms with van der Waals surface area (Å²) in [4.78, 5) is 16.6. The van der Waals surface area contributed by atoms with Gasteiger partial charge in [-0.1, -0.05) is 6.92 Å². The van der Waals surface area contributed by atoms with E-state index in [2.05, 4.69) is 32.2 Å². The van der Waals surface area contributed by atoms with E-state index in [1.165, 1.54) is 6.33 Å². The van der Waals surface area contributed by atoms with E-state index in [1.54, 1.807) is 18.5 Å². The van der Waals surface area contributed by atoms with E-state index in [0.717, 1.165) is 24.5 Å². The van der Waals surface area contributed by atoms with Gasteiger partial charge in [-0.2, -0.15) is 0 Å². The summed E-state index contributed by atoms with van der Waals surface area (Å²) in [5, 5.41) is 3.22. The highest BCUT2D eigenvalue weighted by Crippen LogP contribution is 2.09. The van der Waals surface area contributed by atoms with E-state index >= 15 is 0 Å². The molecule has 2 heterocycles. The first kappa shape index (κ1) is 10.6. The average Bonchev–Trinajstić information content (AvgIpc) is 2.38. The third-order valence-electron chi connectivity index (χ3n) is 2.08. The molecule has 0 aliphatic carbocycles. The molecule has 0 aromatic carbocycles. The molecule has 0 unspecified atom stereocenters. The lowest BCUT2D eigenvalue weighted by molar-refractivity contribution is 0.709. The second-order valence-corrected chi connectivity index (χ2v) is 3.25. The van der Waals surface area contributed by atoms with Crippen LogP contribution in [0.25, 0.3) is 11.5 Å². The zero-order valence-corrected chi connectivity index (χ0v) is 9.09. The maximum absolute atomic E-state index is 4.42. The Balaban J connectivity index is 2.22. The summed E-state index contributed by atoms with van der Waals surface area (Å²) in [6, 6.07) is 3.69. The highest BCUT2D eigenvalue weighted by atomic mass is 15.0. The largest absolute Gasteiger partial charge is 0.311 e. The molecule has 2 aromatic heterocycles. The zero-order valence-electron chi connectivity index (χ0n) is 9.09. The fourth-order valence-corrected chi connectivity index (χ4v) is 1.29. The van der Waals surface area contributed by atoms with E-state index in [-0.39, 0.29) is 0 Å². The van der Waals surface area contributed by atoms with Crippen molar-refractivity contribution in [2.24, 2.45) is 0 Å². The van der Waals surface area contributed by atoms with Gasteiger partial charge in [0, 0.05) is 18.9 Å². The van der Waals surface area contributed by atoms with Crippen molar-refractivity contribution in [2.75, 3.05) is 6.54 Å². The summed E-state index contributed by atoms with van der Waals surface area (Å²) in [6.07, 6.45) is 4.93. The van der Waals surface area contributed by atoms with Gasteiger partial charge in [0.05, 0.1) is 5.69 Å². The molecular weight excluding hydrogens is 202 g/mol. The normalized spacial score (nSPS) is 10.3. The molecule has 0 atom stereocenters. The van der Waals surface area contributed by atoms with E-state index in [1.807, 2.05) is 6.07 Å². The summed E-state index contributed by atoms with van der Waals surface area (Å²) in [7, 11) is 0. The summed E-state index contributed by atoms with van der Waals surface area (Å²) in [5.41, 5.74) is 1.71. The molecule has 0 saturated heterocycles. The van der Waals surface area contributed by atoms with E-state index in [9.17, 15) is 0 Å². The Kier molecular flexibility index (Phi) is 3.50. The molecule has 0 aliphatic rings. The van der Waals surface area contributed by atoms with Crippen molar-refractivity contribution in [3.05, 3.63) is 36.5 Å². The van der Waals surface area contributed by atoms with Crippen LogP contribution in [0.5, 0.6) is 0 Å². The Hall–Kier alpha value is -1.88. The number of hydrogen-bond acceptors (Lipinski definition) is 5. The summed E-state index contributed by atoms with van der Waals surface area (Å²) >= 11 is 0. The number of nitrogens with one attached hydrogen (secondary N) is 1. The van der Waals surface area contributed by atoms with Gasteiger partial charge in [-0.25, -0.2) is 19.9 Å². The molecule has 0 aliphatic heterocycles. The molecule has 0 saturated carbocycles. The minimum Gasteiger partial charge on any atom is -0.311 e. The number of rotatable bonds is 4. The lowest BCUT2D eigenvalue weighted by Crippen LogP contribution is -2.13. The Labute approximate surface area is 94.0 Å². The van der Waals surface area contributed by atoms with Gasteiger partial charge >= 0.3 is 0 Å². The lowest BCUT2D eigenvalue weighted by atomic mass is 10.3. The van der Waals surface area contributed by atoms with Crippen LogP contribution in [0.3, 0.4) is 0 Å². The predicted octanol–water partition coefficient (Wildman–Crippen LogP) is 1.04. The molecule has 0 amide bonds. The second-order valence-electron chi connectivity index (χ2n) is 3.25. The monoisotopic (exact) mass is 215 g/mol. The molecule has 0 spiro atoms. The lowest BCUT2D eigenvalue weighted by Gasteiger charge is -2.03. The van der Waals surface area contributed by atoms with Crippen molar-refractivity contribution in [1.82, 2.24) is 25.3 Å². The zero-order chi connectivity index (χ0) is 11.2. The standard InChI is InChI=1S/C11H13N5/c1-2-12-7-9-3-6-14-11(16-9)10-4-5-13-8-15-10/h3-6,8,12H,2,7H2,1H3. The Morgan fingerprint density at radius 2 is 2.12 bits per heavy atom. The van der Waals surface area contributed by atoms with Crippen LogP contribution in [0, 0.1) is 0 Å². The van der Waals surface area contributed by atoms with Crippen molar-refractivity contribution >= 4 is 0 Å². The van der Waals surface area contributed by atoms with Crippen LogP contribution in [0.15, 0.2) is 30.9 Å². The molecule has 0 fully saturated rings. The SMILES string of the molecule is CCNCc1ccnc(-c2ccncn2)n1. The Morgan fingerprint density at radius 1 is 1.19 bits per heavy atom. The molecule has 5 nitrogen and oxygen atoms in total. The van der Waals surface area contributed by atoms with Gasteiger partial charge in [0.15, 0.2) is 5.82 Å². The quantitative estimate of drug-likeness (QED) is 0.825. The van der Waals surface area contributed by atoms with Crippen molar-refractivity contribution in [3.8, 4) is 11.5 Å². The molecule has 5 heteroatoms. The maximum atomic E-state index is 4.42. The van der Waals surface area contributed by atoms with Crippen LogP contribution in [-0.2, 0) is 6.54 Å². The Morgan fingerprint density at radius 3 is 2.88 bits per heavy atom. The minimum atomic E-state index is 0.637. The topological polar surface area (TPSA) is 63.6 Å². The number of hydrogen-bond donors (Lipinski definition) is 1. The van der Waals surface area contributed by atoms with Gasteiger partial charge in [-0.05, 0) is 18.7 Å². The van der Waals surface area contributed by atoms with Gasteiger partial charge in [0.1, 0.15) is 12.0 Å². The van der Waals surface area contributed by atoms with Gasteiger partial charge < -0.3 is 5.32 Å². The van der Waals surface area contributed by atoms with Crippen molar-refractivity contribution in [3.63, 3.8) is 0 Å². The molecule has 16 heavy (non-hydrogen) atoms. The highest BCUT2D eigenvalue weighted by Gasteiger charge is 2.02. The van der Waals surface area contributed by atoms with Crippen molar-refractivity contribution in [1.29, 1.82) is 0 Å². The van der Waals surface area contributed by atoms with Crippen LogP contribution in [0.1, 0.15) is 12.6 Å². The predicted molar refractivity (Wildman–Crippen MR) is 60.4 cm³/mol. The first-order valence-electron chi connectivity index (χ1n) is 5.19. The molecule has 82 valence electrons. The third-order valence-corrected chi connectivity index (χ3v) is 2.08. The van der Waals surface area contributed by atoms with Crippen molar-refractivity contribution < 1.29 is 0 Å². The van der Waals surface area contributed by atoms with E-state index in [0.29, 0.717) is 5.82 Å².